The molecule has 1 aliphatic heterocycles. The van der Waals surface area contributed by atoms with Gasteiger partial charge in [-0.1, -0.05) is 12.1 Å². The summed E-state index contributed by atoms with van der Waals surface area (Å²) in [5, 5.41) is 0. The summed E-state index contributed by atoms with van der Waals surface area (Å²) in [5.41, 5.74) is 0.482. The summed E-state index contributed by atoms with van der Waals surface area (Å²) in [4.78, 5) is 25.3. The Morgan fingerprint density at radius 2 is 2.04 bits per heavy atom. The third-order valence-corrected chi connectivity index (χ3v) is 3.86. The Morgan fingerprint density at radius 1 is 1.25 bits per heavy atom. The number of methoxy groups -OCH3 is 1. The van der Waals surface area contributed by atoms with Crippen molar-refractivity contribution in [1.29, 1.82) is 0 Å². The molecule has 24 heavy (non-hydrogen) atoms. The maximum atomic E-state index is 12.3. The van der Waals surface area contributed by atoms with Crippen molar-refractivity contribution in [2.75, 3.05) is 20.2 Å². The van der Waals surface area contributed by atoms with Crippen molar-refractivity contribution in [3.8, 4) is 11.5 Å². The van der Waals surface area contributed by atoms with E-state index in [4.69, 9.17) is 13.9 Å². The molecule has 2 aromatic rings. The van der Waals surface area contributed by atoms with E-state index < -0.39 is 5.63 Å². The van der Waals surface area contributed by atoms with Crippen LogP contribution >= 0.6 is 0 Å². The van der Waals surface area contributed by atoms with Crippen LogP contribution in [0.4, 0.5) is 0 Å². The lowest BCUT2D eigenvalue weighted by Gasteiger charge is -2.39. The summed E-state index contributed by atoms with van der Waals surface area (Å²) in [6, 6.07) is 10.5. The zero-order valence-electron chi connectivity index (χ0n) is 13.7. The van der Waals surface area contributed by atoms with Crippen molar-refractivity contribution in [1.82, 2.24) is 4.90 Å². The van der Waals surface area contributed by atoms with Crippen LogP contribution in [0.1, 0.15) is 11.3 Å². The highest BCUT2D eigenvalue weighted by Gasteiger charge is 2.32. The normalized spacial score (nSPS) is 14.2. The molecule has 1 aliphatic rings. The zero-order chi connectivity index (χ0) is 17.1. The molecule has 0 N–H and O–H groups in total. The molecule has 0 bridgehead atoms. The number of hydrogen-bond acceptors (Lipinski definition) is 5. The molecule has 6 heteroatoms. The van der Waals surface area contributed by atoms with Crippen LogP contribution in [0.25, 0.3) is 0 Å². The highest BCUT2D eigenvalue weighted by Crippen LogP contribution is 2.20. The number of aryl methyl sites for hydroxylation is 1. The zero-order valence-corrected chi connectivity index (χ0v) is 13.7. The lowest BCUT2D eigenvalue weighted by Crippen LogP contribution is -2.56. The molecule has 6 nitrogen and oxygen atoms in total. The van der Waals surface area contributed by atoms with Crippen molar-refractivity contribution in [2.45, 2.75) is 19.4 Å². The van der Waals surface area contributed by atoms with Crippen LogP contribution in [0, 0.1) is 6.92 Å². The minimum Gasteiger partial charge on any atom is -0.497 e. The number of rotatable bonds is 5. The minimum absolute atomic E-state index is 0.0480. The first-order valence-electron chi connectivity index (χ1n) is 7.72. The van der Waals surface area contributed by atoms with Gasteiger partial charge in [0.15, 0.2) is 0 Å². The van der Waals surface area contributed by atoms with E-state index in [9.17, 15) is 9.59 Å². The maximum Gasteiger partial charge on any atom is 0.339 e. The molecule has 0 spiro atoms. The fourth-order valence-corrected chi connectivity index (χ4v) is 2.62. The van der Waals surface area contributed by atoms with Crippen LogP contribution in [-0.4, -0.2) is 37.1 Å². The molecule has 0 radical (unpaired) electrons. The Hall–Kier alpha value is -2.76. The SMILES string of the molecule is COc1cccc(CC(=O)N2CC(Oc3cc(C)oc(=O)c3)C2)c1. The Labute approximate surface area is 139 Å². The summed E-state index contributed by atoms with van der Waals surface area (Å²) < 4.78 is 15.8. The molecule has 3 rings (SSSR count). The maximum absolute atomic E-state index is 12.3. The Morgan fingerprint density at radius 3 is 2.75 bits per heavy atom. The predicted octanol–water partition coefficient (Wildman–Crippen LogP) is 1.79. The number of ether oxygens (including phenoxy) is 2. The van der Waals surface area contributed by atoms with Gasteiger partial charge in [-0.3, -0.25) is 4.79 Å². The van der Waals surface area contributed by atoms with E-state index in [-0.39, 0.29) is 12.0 Å². The van der Waals surface area contributed by atoms with Crippen molar-refractivity contribution < 1.29 is 18.7 Å². The van der Waals surface area contributed by atoms with Gasteiger partial charge in [-0.05, 0) is 24.6 Å². The van der Waals surface area contributed by atoms with Crippen LogP contribution < -0.4 is 15.1 Å². The third kappa shape index (κ3) is 3.76. The summed E-state index contributed by atoms with van der Waals surface area (Å²) in [6.45, 7) is 2.73. The van der Waals surface area contributed by atoms with E-state index in [0.717, 1.165) is 11.3 Å². The van der Waals surface area contributed by atoms with Gasteiger partial charge in [0, 0.05) is 6.07 Å². The number of hydrogen-bond donors (Lipinski definition) is 0. The molecule has 0 saturated carbocycles. The van der Waals surface area contributed by atoms with Crippen molar-refractivity contribution in [3.05, 3.63) is 58.1 Å². The van der Waals surface area contributed by atoms with Crippen molar-refractivity contribution in [3.63, 3.8) is 0 Å². The summed E-state index contributed by atoms with van der Waals surface area (Å²) >= 11 is 0. The molecule has 1 aromatic carbocycles. The number of carbonyl (C=O) groups excluding carboxylic acids is 1. The van der Waals surface area contributed by atoms with Gasteiger partial charge in [0.05, 0.1) is 32.7 Å². The van der Waals surface area contributed by atoms with E-state index in [0.29, 0.717) is 31.0 Å². The molecule has 1 aromatic heterocycles. The number of amides is 1. The van der Waals surface area contributed by atoms with Crippen LogP contribution in [0.2, 0.25) is 0 Å². The van der Waals surface area contributed by atoms with Crippen LogP contribution in [0.15, 0.2) is 45.6 Å². The molecular weight excluding hydrogens is 310 g/mol. The monoisotopic (exact) mass is 329 g/mol. The van der Waals surface area contributed by atoms with Gasteiger partial charge in [0.1, 0.15) is 23.4 Å². The molecular formula is C18H19NO5. The van der Waals surface area contributed by atoms with E-state index in [1.54, 1.807) is 25.0 Å². The Bertz CT molecular complexity index is 792. The van der Waals surface area contributed by atoms with Crippen molar-refractivity contribution >= 4 is 5.91 Å². The van der Waals surface area contributed by atoms with Crippen LogP contribution in [0.5, 0.6) is 11.5 Å². The molecule has 2 heterocycles. The summed E-state index contributed by atoms with van der Waals surface area (Å²) in [7, 11) is 1.60. The fourth-order valence-electron chi connectivity index (χ4n) is 2.62. The molecule has 1 fully saturated rings. The lowest BCUT2D eigenvalue weighted by atomic mass is 10.1. The molecule has 1 amide bonds. The van der Waals surface area contributed by atoms with Gasteiger partial charge in [-0.2, -0.15) is 0 Å². The highest BCUT2D eigenvalue weighted by molar-refractivity contribution is 5.79. The first kappa shape index (κ1) is 16.1. The van der Waals surface area contributed by atoms with E-state index in [2.05, 4.69) is 0 Å². The van der Waals surface area contributed by atoms with E-state index >= 15 is 0 Å². The topological polar surface area (TPSA) is 69.0 Å². The average Bonchev–Trinajstić information content (AvgIpc) is 2.49. The van der Waals surface area contributed by atoms with Crippen LogP contribution in [-0.2, 0) is 11.2 Å². The van der Waals surface area contributed by atoms with Gasteiger partial charge >= 0.3 is 5.63 Å². The minimum atomic E-state index is -0.435. The lowest BCUT2D eigenvalue weighted by molar-refractivity contribution is -0.139. The first-order valence-corrected chi connectivity index (χ1v) is 7.72. The standard InChI is InChI=1S/C18H19NO5/c1-12-6-15(9-18(21)23-12)24-16-10-19(11-16)17(20)8-13-4-3-5-14(7-13)22-2/h3-7,9,16H,8,10-11H2,1-2H3. The molecule has 126 valence electrons. The summed E-state index contributed by atoms with van der Waals surface area (Å²) in [6.07, 6.45) is 0.235. The van der Waals surface area contributed by atoms with Gasteiger partial charge in [-0.15, -0.1) is 0 Å². The molecule has 0 aliphatic carbocycles. The second-order valence-electron chi connectivity index (χ2n) is 5.79. The largest absolute Gasteiger partial charge is 0.497 e. The van der Waals surface area contributed by atoms with Crippen molar-refractivity contribution in [2.24, 2.45) is 0 Å². The second-order valence-corrected chi connectivity index (χ2v) is 5.79. The van der Waals surface area contributed by atoms with Gasteiger partial charge in [-0.25, -0.2) is 4.79 Å². The molecule has 0 unspecified atom stereocenters. The fraction of sp³-hybridized carbons (Fsp3) is 0.333. The molecule has 0 atom stereocenters. The average molecular weight is 329 g/mol. The molecule has 1 saturated heterocycles. The van der Waals surface area contributed by atoms with Crippen LogP contribution in [0.3, 0.4) is 0 Å². The first-order chi connectivity index (χ1) is 11.5. The highest BCUT2D eigenvalue weighted by atomic mass is 16.5. The number of benzene rings is 1. The number of carbonyl (C=O) groups is 1. The third-order valence-electron chi connectivity index (χ3n) is 3.86. The Kier molecular flexibility index (Phi) is 4.55. The number of nitrogens with zero attached hydrogens (tertiary/aromatic N) is 1. The predicted molar refractivity (Wildman–Crippen MR) is 87.4 cm³/mol. The van der Waals surface area contributed by atoms with Gasteiger partial charge in [0.25, 0.3) is 0 Å². The van der Waals surface area contributed by atoms with Gasteiger partial charge < -0.3 is 18.8 Å². The van der Waals surface area contributed by atoms with E-state index in [1.165, 1.54) is 6.07 Å². The summed E-state index contributed by atoms with van der Waals surface area (Å²) in [5.74, 6) is 1.77. The Balaban J connectivity index is 1.52. The quantitative estimate of drug-likeness (QED) is 0.836. The second kappa shape index (κ2) is 6.78. The number of likely N-dealkylation sites (tertiary alicyclic amines) is 1. The van der Waals surface area contributed by atoms with E-state index in [1.807, 2.05) is 24.3 Å². The van der Waals surface area contributed by atoms with Gasteiger partial charge in [0.2, 0.25) is 5.91 Å². The smallest absolute Gasteiger partial charge is 0.339 e.